The largest absolute Gasteiger partial charge is 0.375 e. The molecule has 2 unspecified atom stereocenters. The number of hydrogen-bond donors (Lipinski definition) is 1. The standard InChI is InChI=1S/C11H16OP/c1-10-7-8-13(12,9-10)11-5-3-2-4-6-11/h2-6,10,12H,7-9H2,1H3. The predicted molar refractivity (Wildman–Crippen MR) is 58.7 cm³/mol. The van der Waals surface area contributed by atoms with Gasteiger partial charge in [-0.15, -0.1) is 0 Å². The van der Waals surface area contributed by atoms with Crippen molar-refractivity contribution in [2.45, 2.75) is 13.3 Å². The number of hydrogen-bond acceptors (Lipinski definition) is 1. The van der Waals surface area contributed by atoms with Gasteiger partial charge in [-0.25, -0.2) is 0 Å². The molecule has 1 saturated heterocycles. The van der Waals surface area contributed by atoms with Gasteiger partial charge in [-0.05, 0) is 30.0 Å². The molecule has 0 amide bonds. The minimum absolute atomic E-state index is 0.707. The summed E-state index contributed by atoms with van der Waals surface area (Å²) in [7, 11) is -1.73. The first kappa shape index (κ1) is 9.18. The average molecular weight is 195 g/mol. The lowest BCUT2D eigenvalue weighted by atomic mass is 10.2. The molecule has 2 rings (SSSR count). The van der Waals surface area contributed by atoms with Crippen LogP contribution in [0, 0.1) is 5.92 Å². The van der Waals surface area contributed by atoms with Crippen molar-refractivity contribution in [1.82, 2.24) is 0 Å². The Labute approximate surface area is 80.2 Å². The highest BCUT2D eigenvalue weighted by atomic mass is 31.2. The number of benzene rings is 1. The van der Waals surface area contributed by atoms with Crippen LogP contribution in [0.4, 0.5) is 0 Å². The predicted octanol–water partition coefficient (Wildman–Crippen LogP) is 2.28. The molecule has 1 aromatic rings. The summed E-state index contributed by atoms with van der Waals surface area (Å²) >= 11 is 0. The van der Waals surface area contributed by atoms with Crippen molar-refractivity contribution >= 4 is 12.8 Å². The molecule has 71 valence electrons. The summed E-state index contributed by atoms with van der Waals surface area (Å²) in [5.74, 6) is 0.707. The fourth-order valence-corrected chi connectivity index (χ4v) is 5.53. The van der Waals surface area contributed by atoms with Crippen molar-refractivity contribution in [3.63, 3.8) is 0 Å². The minimum atomic E-state index is -1.73. The van der Waals surface area contributed by atoms with E-state index in [0.29, 0.717) is 5.92 Å². The second kappa shape index (κ2) is 3.40. The Morgan fingerprint density at radius 2 is 2.00 bits per heavy atom. The van der Waals surface area contributed by atoms with Gasteiger partial charge >= 0.3 is 0 Å². The first-order valence-corrected chi connectivity index (χ1v) is 6.97. The summed E-state index contributed by atoms with van der Waals surface area (Å²) in [5.41, 5.74) is 0. The van der Waals surface area contributed by atoms with Crippen LogP contribution in [0.2, 0.25) is 0 Å². The SMILES string of the molecule is CC1CC[P](O)(c2ccccc2)C1. The van der Waals surface area contributed by atoms with E-state index in [-0.39, 0.29) is 0 Å². The summed E-state index contributed by atoms with van der Waals surface area (Å²) in [6.45, 7) is 2.24. The lowest BCUT2D eigenvalue weighted by Gasteiger charge is -2.25. The summed E-state index contributed by atoms with van der Waals surface area (Å²) in [6.07, 6.45) is 3.24. The van der Waals surface area contributed by atoms with Gasteiger partial charge in [0, 0.05) is 7.49 Å². The van der Waals surface area contributed by atoms with Crippen molar-refractivity contribution < 1.29 is 4.89 Å². The molecule has 2 heteroatoms. The molecule has 1 heterocycles. The molecule has 1 radical (unpaired) electrons. The van der Waals surface area contributed by atoms with Crippen LogP contribution in [-0.2, 0) is 0 Å². The van der Waals surface area contributed by atoms with E-state index in [9.17, 15) is 4.89 Å². The summed E-state index contributed by atoms with van der Waals surface area (Å²) < 4.78 is 0. The first-order valence-electron chi connectivity index (χ1n) is 4.86. The monoisotopic (exact) mass is 195 g/mol. The fourth-order valence-electron chi connectivity index (χ4n) is 2.07. The second-order valence-electron chi connectivity index (χ2n) is 4.06. The Morgan fingerprint density at radius 1 is 1.31 bits per heavy atom. The first-order chi connectivity index (χ1) is 6.21. The van der Waals surface area contributed by atoms with E-state index >= 15 is 0 Å². The van der Waals surface area contributed by atoms with Gasteiger partial charge in [0.1, 0.15) is 0 Å². The highest BCUT2D eigenvalue weighted by Crippen LogP contribution is 2.60. The molecule has 1 fully saturated rings. The molecule has 1 nitrogen and oxygen atoms in total. The second-order valence-corrected chi connectivity index (χ2v) is 7.23. The third-order valence-electron chi connectivity index (χ3n) is 2.84. The Kier molecular flexibility index (Phi) is 2.40. The molecule has 1 aliphatic heterocycles. The van der Waals surface area contributed by atoms with E-state index in [4.69, 9.17) is 0 Å². The molecular weight excluding hydrogens is 179 g/mol. The van der Waals surface area contributed by atoms with E-state index in [2.05, 4.69) is 19.1 Å². The van der Waals surface area contributed by atoms with Crippen LogP contribution in [0.5, 0.6) is 0 Å². The maximum absolute atomic E-state index is 10.4. The van der Waals surface area contributed by atoms with Crippen LogP contribution in [0.15, 0.2) is 30.3 Å². The maximum Gasteiger partial charge on any atom is 0.0120 e. The molecule has 0 bridgehead atoms. The molecule has 13 heavy (non-hydrogen) atoms. The van der Waals surface area contributed by atoms with Gasteiger partial charge in [0.05, 0.1) is 0 Å². The Bertz CT molecular complexity index is 285. The van der Waals surface area contributed by atoms with E-state index in [1.54, 1.807) is 0 Å². The summed E-state index contributed by atoms with van der Waals surface area (Å²) in [6, 6.07) is 10.2. The zero-order valence-electron chi connectivity index (χ0n) is 7.98. The van der Waals surface area contributed by atoms with Gasteiger partial charge in [-0.3, -0.25) is 0 Å². The quantitative estimate of drug-likeness (QED) is 0.681. The topological polar surface area (TPSA) is 20.2 Å². The van der Waals surface area contributed by atoms with Gasteiger partial charge in [0.2, 0.25) is 0 Å². The lowest BCUT2D eigenvalue weighted by Crippen LogP contribution is -2.12. The normalized spacial score (nSPS) is 33.5. The highest BCUT2D eigenvalue weighted by molar-refractivity contribution is 7.78. The summed E-state index contributed by atoms with van der Waals surface area (Å²) in [5, 5.41) is 1.19. The zero-order valence-corrected chi connectivity index (χ0v) is 8.87. The van der Waals surface area contributed by atoms with E-state index in [1.165, 1.54) is 11.7 Å². The van der Waals surface area contributed by atoms with E-state index in [1.807, 2.05) is 18.2 Å². The molecule has 1 aliphatic rings. The van der Waals surface area contributed by atoms with Crippen LogP contribution in [-0.4, -0.2) is 17.2 Å². The van der Waals surface area contributed by atoms with Crippen molar-refractivity contribution in [3.05, 3.63) is 30.3 Å². The van der Waals surface area contributed by atoms with Crippen LogP contribution >= 0.6 is 7.49 Å². The van der Waals surface area contributed by atoms with Crippen molar-refractivity contribution in [3.8, 4) is 0 Å². The third-order valence-corrected chi connectivity index (χ3v) is 6.33. The molecule has 1 aromatic carbocycles. The van der Waals surface area contributed by atoms with Crippen molar-refractivity contribution in [2.75, 3.05) is 12.3 Å². The Morgan fingerprint density at radius 3 is 2.54 bits per heavy atom. The Balaban J connectivity index is 2.26. The van der Waals surface area contributed by atoms with Gasteiger partial charge < -0.3 is 4.89 Å². The smallest absolute Gasteiger partial charge is 0.0120 e. The van der Waals surface area contributed by atoms with Crippen LogP contribution in [0.1, 0.15) is 13.3 Å². The molecule has 0 aliphatic carbocycles. The van der Waals surface area contributed by atoms with Crippen molar-refractivity contribution in [1.29, 1.82) is 0 Å². The number of rotatable bonds is 1. The zero-order chi connectivity index (χ0) is 9.31. The van der Waals surface area contributed by atoms with Crippen molar-refractivity contribution in [2.24, 2.45) is 5.92 Å². The van der Waals surface area contributed by atoms with Gasteiger partial charge in [0.15, 0.2) is 0 Å². The molecule has 2 atom stereocenters. The summed E-state index contributed by atoms with van der Waals surface area (Å²) in [4.78, 5) is 10.4. The molecule has 0 spiro atoms. The van der Waals surface area contributed by atoms with Crippen LogP contribution < -0.4 is 5.30 Å². The third kappa shape index (κ3) is 1.77. The minimum Gasteiger partial charge on any atom is -0.375 e. The van der Waals surface area contributed by atoms with Gasteiger partial charge in [-0.1, -0.05) is 37.3 Å². The van der Waals surface area contributed by atoms with Gasteiger partial charge in [0.25, 0.3) is 0 Å². The molecular formula is C11H16OP. The van der Waals surface area contributed by atoms with Crippen LogP contribution in [0.3, 0.4) is 0 Å². The van der Waals surface area contributed by atoms with Crippen LogP contribution in [0.25, 0.3) is 0 Å². The Hall–Kier alpha value is -0.390. The molecule has 0 aromatic heterocycles. The van der Waals surface area contributed by atoms with E-state index in [0.717, 1.165) is 12.3 Å². The molecule has 0 saturated carbocycles. The van der Waals surface area contributed by atoms with E-state index < -0.39 is 7.49 Å². The lowest BCUT2D eigenvalue weighted by molar-refractivity contribution is 0.612. The average Bonchev–Trinajstić information content (AvgIpc) is 2.49. The fraction of sp³-hybridized carbons (Fsp3) is 0.455. The maximum atomic E-state index is 10.4. The highest BCUT2D eigenvalue weighted by Gasteiger charge is 2.34. The molecule has 1 N–H and O–H groups in total. The van der Waals surface area contributed by atoms with Gasteiger partial charge in [-0.2, -0.15) is 0 Å².